The highest BCUT2D eigenvalue weighted by molar-refractivity contribution is 6.74. The number of allylic oxidation sites excluding steroid dienone is 1. The zero-order valence-electron chi connectivity index (χ0n) is 19.9. The van der Waals surface area contributed by atoms with Crippen LogP contribution in [0.5, 0.6) is 11.5 Å². The second-order valence-corrected chi connectivity index (χ2v) is 14.7. The minimum absolute atomic E-state index is 0.216. The van der Waals surface area contributed by atoms with Gasteiger partial charge in [0, 0.05) is 17.6 Å². The molecule has 3 nitrogen and oxygen atoms in total. The molecule has 1 aliphatic carbocycles. The SMILES string of the molecule is C=C(C)C1CCC(O[Si](C)(C)C(C)(C)C)CC1c1c(OCC)cccc1OCC. The molecule has 3 atom stereocenters. The third-order valence-corrected chi connectivity index (χ3v) is 11.2. The molecule has 0 aromatic heterocycles. The van der Waals surface area contributed by atoms with Crippen LogP contribution in [0.1, 0.15) is 72.3 Å². The van der Waals surface area contributed by atoms with E-state index in [0.717, 1.165) is 30.8 Å². The molecule has 2 rings (SSSR count). The van der Waals surface area contributed by atoms with E-state index in [-0.39, 0.29) is 11.1 Å². The Labute approximate surface area is 180 Å². The highest BCUT2D eigenvalue weighted by Gasteiger charge is 2.42. The fourth-order valence-corrected chi connectivity index (χ4v) is 5.59. The molecule has 1 fully saturated rings. The number of hydrogen-bond acceptors (Lipinski definition) is 3. The summed E-state index contributed by atoms with van der Waals surface area (Å²) in [6, 6.07) is 6.19. The van der Waals surface area contributed by atoms with Crippen LogP contribution in [0.2, 0.25) is 18.1 Å². The van der Waals surface area contributed by atoms with Gasteiger partial charge in [-0.1, -0.05) is 39.0 Å². The molecule has 0 saturated heterocycles. The Morgan fingerprint density at radius 1 is 1.07 bits per heavy atom. The quantitative estimate of drug-likeness (QED) is 0.326. The summed E-state index contributed by atoms with van der Waals surface area (Å²) < 4.78 is 19.0. The van der Waals surface area contributed by atoms with Crippen molar-refractivity contribution in [1.82, 2.24) is 0 Å². The van der Waals surface area contributed by atoms with Gasteiger partial charge in [0.2, 0.25) is 0 Å². The van der Waals surface area contributed by atoms with Gasteiger partial charge in [-0.3, -0.25) is 0 Å². The van der Waals surface area contributed by atoms with Gasteiger partial charge >= 0.3 is 0 Å². The molecule has 0 bridgehead atoms. The predicted molar refractivity (Wildman–Crippen MR) is 126 cm³/mol. The first-order valence-electron chi connectivity index (χ1n) is 11.2. The van der Waals surface area contributed by atoms with Crippen LogP contribution >= 0.6 is 0 Å². The molecule has 0 heterocycles. The van der Waals surface area contributed by atoms with Crippen molar-refractivity contribution in [2.45, 2.75) is 91.0 Å². The summed E-state index contributed by atoms with van der Waals surface area (Å²) in [6.07, 6.45) is 3.47. The standard InChI is InChI=1S/C25H42O3Si/c1-10-26-22-13-12-14-23(27-11-2)24(22)21-17-19(15-16-20(21)18(3)4)28-29(8,9)25(5,6)7/h12-14,19-21H,3,10-11,15-17H2,1-2,4-9H3. The Hall–Kier alpha value is -1.26. The van der Waals surface area contributed by atoms with Crippen molar-refractivity contribution >= 4 is 8.32 Å². The Balaban J connectivity index is 2.42. The van der Waals surface area contributed by atoms with Crippen LogP contribution in [0.4, 0.5) is 0 Å². The number of ether oxygens (including phenoxy) is 2. The summed E-state index contributed by atoms with van der Waals surface area (Å²) in [5.74, 6) is 2.63. The van der Waals surface area contributed by atoms with Gasteiger partial charge in [-0.15, -0.1) is 0 Å². The van der Waals surface area contributed by atoms with Crippen LogP contribution in [0.3, 0.4) is 0 Å². The monoisotopic (exact) mass is 418 g/mol. The van der Waals surface area contributed by atoms with E-state index in [2.05, 4.69) is 59.5 Å². The summed E-state index contributed by atoms with van der Waals surface area (Å²) in [5, 5.41) is 0.216. The van der Waals surface area contributed by atoms with Gasteiger partial charge in [0.05, 0.1) is 13.2 Å². The van der Waals surface area contributed by atoms with E-state index in [0.29, 0.717) is 25.0 Å². The number of hydrogen-bond donors (Lipinski definition) is 0. The minimum atomic E-state index is -1.81. The molecule has 0 spiro atoms. The summed E-state index contributed by atoms with van der Waals surface area (Å²) in [5.41, 5.74) is 2.45. The lowest BCUT2D eigenvalue weighted by molar-refractivity contribution is 0.108. The largest absolute Gasteiger partial charge is 0.493 e. The van der Waals surface area contributed by atoms with E-state index in [1.165, 1.54) is 11.1 Å². The third kappa shape index (κ3) is 5.67. The molecular weight excluding hydrogens is 376 g/mol. The molecule has 0 aliphatic heterocycles. The maximum atomic E-state index is 6.85. The zero-order chi connectivity index (χ0) is 21.8. The highest BCUT2D eigenvalue weighted by atomic mass is 28.4. The predicted octanol–water partition coefficient (Wildman–Crippen LogP) is 7.33. The van der Waals surface area contributed by atoms with E-state index in [9.17, 15) is 0 Å². The first-order valence-corrected chi connectivity index (χ1v) is 14.1. The van der Waals surface area contributed by atoms with Crippen molar-refractivity contribution in [3.05, 3.63) is 35.9 Å². The maximum absolute atomic E-state index is 6.85. The fraction of sp³-hybridized carbons (Fsp3) is 0.680. The first kappa shape index (κ1) is 24.0. The molecule has 4 heteroatoms. The van der Waals surface area contributed by atoms with Crippen molar-refractivity contribution in [3.63, 3.8) is 0 Å². The Morgan fingerprint density at radius 3 is 2.07 bits per heavy atom. The fourth-order valence-electron chi connectivity index (χ4n) is 4.19. The third-order valence-electron chi connectivity index (χ3n) is 6.70. The van der Waals surface area contributed by atoms with Crippen LogP contribution in [0.15, 0.2) is 30.4 Å². The molecule has 1 aliphatic rings. The van der Waals surface area contributed by atoms with Gasteiger partial charge in [0.1, 0.15) is 11.5 Å². The summed E-state index contributed by atoms with van der Waals surface area (Å²) in [4.78, 5) is 0. The smallest absolute Gasteiger partial charge is 0.192 e. The van der Waals surface area contributed by atoms with Gasteiger partial charge in [0.15, 0.2) is 8.32 Å². The van der Waals surface area contributed by atoms with Gasteiger partial charge in [-0.05, 0) is 76.2 Å². The molecule has 29 heavy (non-hydrogen) atoms. The van der Waals surface area contributed by atoms with E-state index in [4.69, 9.17) is 13.9 Å². The van der Waals surface area contributed by atoms with Crippen molar-refractivity contribution < 1.29 is 13.9 Å². The average molecular weight is 419 g/mol. The van der Waals surface area contributed by atoms with Gasteiger partial charge in [-0.2, -0.15) is 0 Å². The van der Waals surface area contributed by atoms with Gasteiger partial charge < -0.3 is 13.9 Å². The molecule has 1 aromatic rings. The Kier molecular flexibility index (Phi) is 8.03. The maximum Gasteiger partial charge on any atom is 0.192 e. The molecule has 0 radical (unpaired) electrons. The lowest BCUT2D eigenvalue weighted by Gasteiger charge is -2.44. The van der Waals surface area contributed by atoms with Crippen molar-refractivity contribution in [3.8, 4) is 11.5 Å². The minimum Gasteiger partial charge on any atom is -0.493 e. The van der Waals surface area contributed by atoms with Crippen LogP contribution in [0.25, 0.3) is 0 Å². The Morgan fingerprint density at radius 2 is 1.62 bits per heavy atom. The van der Waals surface area contributed by atoms with Gasteiger partial charge in [0.25, 0.3) is 0 Å². The molecule has 164 valence electrons. The lowest BCUT2D eigenvalue weighted by atomic mass is 9.71. The molecular formula is C25H42O3Si. The molecule has 3 unspecified atom stereocenters. The van der Waals surface area contributed by atoms with E-state index in [1.807, 2.05) is 19.9 Å². The van der Waals surface area contributed by atoms with Crippen molar-refractivity contribution in [1.29, 1.82) is 0 Å². The van der Waals surface area contributed by atoms with E-state index >= 15 is 0 Å². The zero-order valence-corrected chi connectivity index (χ0v) is 20.9. The van der Waals surface area contributed by atoms with E-state index in [1.54, 1.807) is 0 Å². The van der Waals surface area contributed by atoms with E-state index < -0.39 is 8.32 Å². The van der Waals surface area contributed by atoms with Gasteiger partial charge in [-0.25, -0.2) is 0 Å². The van der Waals surface area contributed by atoms with Crippen molar-refractivity contribution in [2.75, 3.05) is 13.2 Å². The summed E-state index contributed by atoms with van der Waals surface area (Å²) in [6.45, 7) is 23.5. The van der Waals surface area contributed by atoms with Crippen molar-refractivity contribution in [2.24, 2.45) is 5.92 Å². The van der Waals surface area contributed by atoms with Crippen LogP contribution < -0.4 is 9.47 Å². The first-order chi connectivity index (χ1) is 13.5. The highest BCUT2D eigenvalue weighted by Crippen LogP contribution is 2.49. The second-order valence-electron chi connectivity index (χ2n) is 9.91. The normalized spacial score (nSPS) is 23.0. The number of benzene rings is 1. The molecule has 0 amide bonds. The average Bonchev–Trinajstić information content (AvgIpc) is 2.61. The topological polar surface area (TPSA) is 27.7 Å². The molecule has 1 aromatic carbocycles. The van der Waals surface area contributed by atoms with Crippen LogP contribution in [0, 0.1) is 5.92 Å². The number of rotatable bonds is 8. The summed E-state index contributed by atoms with van der Waals surface area (Å²) in [7, 11) is -1.81. The van der Waals surface area contributed by atoms with Crippen LogP contribution in [-0.2, 0) is 4.43 Å². The molecule has 0 N–H and O–H groups in total. The summed E-state index contributed by atoms with van der Waals surface area (Å²) >= 11 is 0. The second kappa shape index (κ2) is 9.70. The molecule has 1 saturated carbocycles. The van der Waals surface area contributed by atoms with Crippen LogP contribution in [-0.4, -0.2) is 27.6 Å². The lowest BCUT2D eigenvalue weighted by Crippen LogP contribution is -2.45. The Bertz CT molecular complexity index is 666.